The Bertz CT molecular complexity index is 8850. The van der Waals surface area contributed by atoms with Crippen LogP contribution >= 0.6 is 0 Å². The summed E-state index contributed by atoms with van der Waals surface area (Å²) in [6.45, 7) is 0. The van der Waals surface area contributed by atoms with E-state index >= 15 is 0 Å². The molecule has 0 aliphatic carbocycles. The predicted octanol–water partition coefficient (Wildman–Crippen LogP) is 29.8. The zero-order chi connectivity index (χ0) is 81.8. The predicted molar refractivity (Wildman–Crippen MR) is 498 cm³/mol. The SMILES string of the molecule is [2H]c1c([2H])c([2H])c(-c2nc(-c3ccc(-n4c5cc6ccccc6cc5c5c6ccccc6ccc54)c4ccccc34)nc3ccc(-c4ccc5ccccc5c4)cc23)c([2H])c1[2H].c1ccc2cc(-c3ccc4c(-c5ccc6ccccc6c5)nc(-c5ccc(-n6c7cc8ccccc8cc7c7c8ccccc8ccc76)c6ccccc56)nc4c3)ccc2c1. The molecule has 0 saturated heterocycles. The van der Waals surface area contributed by atoms with Gasteiger partial charge in [0.05, 0.1) is 62.7 Å². The van der Waals surface area contributed by atoms with Crippen LogP contribution in [0.1, 0.15) is 6.85 Å². The summed E-state index contributed by atoms with van der Waals surface area (Å²) < 4.78 is 48.6. The van der Waals surface area contributed by atoms with Crippen LogP contribution in [0.3, 0.4) is 0 Å². The van der Waals surface area contributed by atoms with Gasteiger partial charge in [0, 0.05) is 65.3 Å². The number of rotatable bonds is 8. The van der Waals surface area contributed by atoms with Gasteiger partial charge in [0.1, 0.15) is 0 Å². The Morgan fingerprint density at radius 2 is 0.551 bits per heavy atom. The van der Waals surface area contributed by atoms with Gasteiger partial charge in [-0.3, -0.25) is 0 Å². The molecule has 25 rings (SSSR count). The van der Waals surface area contributed by atoms with Gasteiger partial charge in [-0.15, -0.1) is 0 Å². The van der Waals surface area contributed by atoms with E-state index in [0.29, 0.717) is 22.6 Å². The molecule has 4 heterocycles. The van der Waals surface area contributed by atoms with Gasteiger partial charge in [-0.2, -0.15) is 0 Å². The van der Waals surface area contributed by atoms with Gasteiger partial charge in [0.25, 0.3) is 0 Å². The highest BCUT2D eigenvalue weighted by Crippen LogP contribution is 2.46. The first-order chi connectivity index (χ1) is 60.5. The van der Waals surface area contributed by atoms with Gasteiger partial charge in [0.15, 0.2) is 11.6 Å². The van der Waals surface area contributed by atoms with Gasteiger partial charge in [-0.1, -0.05) is 309 Å². The fourth-order valence-electron chi connectivity index (χ4n) is 18.5. The molecule has 6 heteroatoms. The molecule has 0 atom stereocenters. The van der Waals surface area contributed by atoms with E-state index in [1.807, 2.05) is 48.5 Å². The molecule has 0 radical (unpaired) electrons. The third-order valence-electron chi connectivity index (χ3n) is 24.1. The smallest absolute Gasteiger partial charge is 0.161 e. The van der Waals surface area contributed by atoms with Gasteiger partial charge in [-0.05, 0) is 212 Å². The molecule has 0 spiro atoms. The van der Waals surface area contributed by atoms with Crippen molar-refractivity contribution in [2.24, 2.45) is 0 Å². The molecule has 0 N–H and O–H groups in total. The summed E-state index contributed by atoms with van der Waals surface area (Å²) in [7, 11) is 0. The zero-order valence-corrected chi connectivity index (χ0v) is 63.6. The van der Waals surface area contributed by atoms with Crippen molar-refractivity contribution < 1.29 is 6.85 Å². The van der Waals surface area contributed by atoms with E-state index in [-0.39, 0.29) is 23.3 Å². The highest BCUT2D eigenvalue weighted by molar-refractivity contribution is 6.26. The van der Waals surface area contributed by atoms with Crippen molar-refractivity contribution in [3.05, 3.63) is 412 Å². The number of hydrogen-bond acceptors (Lipinski definition) is 4. The maximum Gasteiger partial charge on any atom is 0.161 e. The van der Waals surface area contributed by atoms with Crippen LogP contribution in [0.15, 0.2) is 412 Å². The summed E-state index contributed by atoms with van der Waals surface area (Å²) in [5.41, 5.74) is 16.4. The molecular weight excluding hydrogens is 1430 g/mol. The largest absolute Gasteiger partial charge is 0.309 e. The van der Waals surface area contributed by atoms with Crippen LogP contribution in [0.5, 0.6) is 0 Å². The van der Waals surface area contributed by atoms with Crippen molar-refractivity contribution in [2.75, 3.05) is 0 Å². The van der Waals surface area contributed by atoms with E-state index in [2.05, 4.69) is 343 Å². The Morgan fingerprint density at radius 3 is 1.04 bits per heavy atom. The third kappa shape index (κ3) is 11.0. The van der Waals surface area contributed by atoms with E-state index in [1.165, 1.54) is 91.8 Å². The van der Waals surface area contributed by atoms with Gasteiger partial charge in [-0.25, -0.2) is 19.9 Å². The minimum atomic E-state index is -0.452. The second-order valence-electron chi connectivity index (χ2n) is 30.8. The molecule has 0 saturated carbocycles. The second-order valence-corrected chi connectivity index (χ2v) is 30.8. The van der Waals surface area contributed by atoms with Gasteiger partial charge < -0.3 is 9.13 Å². The molecule has 0 fully saturated rings. The number of aromatic nitrogens is 6. The Hall–Kier alpha value is -15.8. The van der Waals surface area contributed by atoms with Crippen LogP contribution in [0.25, 0.3) is 241 Å². The molecule has 4 aromatic heterocycles. The lowest BCUT2D eigenvalue weighted by molar-refractivity contribution is 1.19. The second kappa shape index (κ2) is 27.0. The van der Waals surface area contributed by atoms with Gasteiger partial charge in [0.2, 0.25) is 0 Å². The van der Waals surface area contributed by atoms with Crippen molar-refractivity contribution in [1.82, 2.24) is 29.1 Å². The summed E-state index contributed by atoms with van der Waals surface area (Å²) >= 11 is 0. The van der Waals surface area contributed by atoms with Crippen LogP contribution in [0, 0.1) is 0 Å². The van der Waals surface area contributed by atoms with Crippen LogP contribution in [0.4, 0.5) is 0 Å². The third-order valence-corrected chi connectivity index (χ3v) is 24.1. The molecule has 0 aliphatic heterocycles. The Morgan fingerprint density at radius 1 is 0.195 bits per heavy atom. The Kier molecular flexibility index (Phi) is 14.1. The van der Waals surface area contributed by atoms with E-state index in [1.54, 1.807) is 0 Å². The maximum absolute atomic E-state index is 9.07. The van der Waals surface area contributed by atoms with Crippen molar-refractivity contribution >= 4 is 162 Å². The monoisotopic (exact) mass is 1500 g/mol. The summed E-state index contributed by atoms with van der Waals surface area (Å²) in [6, 6.07) is 134. The van der Waals surface area contributed by atoms with Crippen molar-refractivity contribution in [2.45, 2.75) is 0 Å². The lowest BCUT2D eigenvalue weighted by Crippen LogP contribution is -1.99. The topological polar surface area (TPSA) is 61.4 Å². The summed E-state index contributed by atoms with van der Waals surface area (Å²) in [6.07, 6.45) is 0. The highest BCUT2D eigenvalue weighted by atomic mass is 15.0. The van der Waals surface area contributed by atoms with Crippen molar-refractivity contribution in [1.29, 1.82) is 0 Å². The number of benzene rings is 21. The summed E-state index contributed by atoms with van der Waals surface area (Å²) in [5.74, 6) is 1.09. The zero-order valence-electron chi connectivity index (χ0n) is 68.6. The quantitative estimate of drug-likeness (QED) is 0.152. The maximum atomic E-state index is 9.07. The lowest BCUT2D eigenvalue weighted by Gasteiger charge is -2.16. The molecule has 0 aliphatic rings. The van der Waals surface area contributed by atoms with Crippen molar-refractivity contribution in [3.63, 3.8) is 0 Å². The molecule has 21 aromatic carbocycles. The molecule has 0 bridgehead atoms. The normalized spacial score (nSPS) is 12.5. The minimum absolute atomic E-state index is 0.0333. The fourth-order valence-corrected chi connectivity index (χ4v) is 18.5. The van der Waals surface area contributed by atoms with Crippen LogP contribution in [0.2, 0.25) is 0 Å². The average Bonchev–Trinajstić information content (AvgIpc) is 0.789. The van der Waals surface area contributed by atoms with E-state index < -0.39 is 18.1 Å². The molecule has 25 aromatic rings. The van der Waals surface area contributed by atoms with Gasteiger partial charge >= 0.3 is 0 Å². The average molecular weight is 1500 g/mol. The first-order valence-corrected chi connectivity index (χ1v) is 40.0. The molecular formula is C112H68N6. The van der Waals surface area contributed by atoms with E-state index in [9.17, 15) is 0 Å². The fraction of sp³-hybridized carbons (Fsp3) is 0. The van der Waals surface area contributed by atoms with E-state index in [0.717, 1.165) is 116 Å². The first-order valence-electron chi connectivity index (χ1n) is 42.5. The van der Waals surface area contributed by atoms with Crippen LogP contribution in [-0.2, 0) is 0 Å². The molecule has 546 valence electrons. The standard InChI is InChI=1S/C58H35N3.C54H33N3/c1-3-14-39-31-43(23-21-36(39)11-1)44-25-27-50-52(34-44)59-58(60-57(50)45-24-22-37-12-2-4-15-40(37)32-45)49-28-30-53(48-20-10-9-19-47(48)49)61-54-29-26-38-13-7-8-18-46(38)56(54)51-33-41-16-5-6-17-42(41)35-55(51)61;1-2-14-36(15-3-1)53-46-31-41(40-23-22-34-12-4-5-16-37(34)30-40)24-27-48(46)55-54(56-53)45-26-29-49(44-21-11-10-20-43(44)45)57-50-28-25-35-13-8-9-19-42(35)52(50)47-32-38-17-6-7-18-39(38)33-51(47)57/h1-35H;1-33H/i;1D,2D,3D,14D,15D. The Balaban J connectivity index is 0.000000139. The number of fused-ring (bicyclic) bond motifs is 19. The van der Waals surface area contributed by atoms with Crippen LogP contribution in [-0.4, -0.2) is 29.1 Å². The lowest BCUT2D eigenvalue weighted by atomic mass is 9.97. The van der Waals surface area contributed by atoms with Crippen LogP contribution < -0.4 is 0 Å². The molecule has 6 nitrogen and oxygen atoms in total. The van der Waals surface area contributed by atoms with E-state index in [4.69, 9.17) is 26.8 Å². The first kappa shape index (κ1) is 61.8. The Labute approximate surface area is 685 Å². The molecule has 118 heavy (non-hydrogen) atoms. The minimum Gasteiger partial charge on any atom is -0.309 e. The number of nitrogens with zero attached hydrogens (tertiary/aromatic N) is 6. The van der Waals surface area contributed by atoms with Crippen molar-refractivity contribution in [3.8, 4) is 78.9 Å². The molecule has 0 amide bonds. The summed E-state index contributed by atoms with van der Waals surface area (Å²) in [4.78, 5) is 21.3. The number of hydrogen-bond donors (Lipinski definition) is 0. The summed E-state index contributed by atoms with van der Waals surface area (Å²) in [5, 5.41) is 27.4. The molecule has 0 unspecified atom stereocenters. The highest BCUT2D eigenvalue weighted by Gasteiger charge is 2.25.